The van der Waals surface area contributed by atoms with Gasteiger partial charge in [0.15, 0.2) is 16.8 Å². The zero-order valence-corrected chi connectivity index (χ0v) is 20.3. The van der Waals surface area contributed by atoms with Crippen molar-refractivity contribution in [3.8, 4) is 11.4 Å². The number of carbonyl (C=O) groups excluding carboxylic acids is 2. The van der Waals surface area contributed by atoms with Gasteiger partial charge in [-0.25, -0.2) is 0 Å². The van der Waals surface area contributed by atoms with E-state index in [0.717, 1.165) is 42.7 Å². The third-order valence-electron chi connectivity index (χ3n) is 5.71. The molecule has 1 atom stereocenters. The molecule has 4 rings (SSSR count). The molecule has 0 fully saturated rings. The predicted octanol–water partition coefficient (Wildman–Crippen LogP) is 5.47. The number of fused-ring (bicyclic) bond motifs is 1. The van der Waals surface area contributed by atoms with Crippen LogP contribution in [-0.4, -0.2) is 32.2 Å². The second-order valence-corrected chi connectivity index (χ2v) is 10.2. The maximum Gasteiger partial charge on any atom is 0.234 e. The Bertz CT molecular complexity index is 1120. The summed E-state index contributed by atoms with van der Waals surface area (Å²) < 4.78 is 2.15. The third-order valence-corrected chi connectivity index (χ3v) is 7.73. The molecule has 1 amide bonds. The van der Waals surface area contributed by atoms with Crippen LogP contribution in [0.1, 0.15) is 54.4 Å². The summed E-state index contributed by atoms with van der Waals surface area (Å²) >= 11 is 3.24. The molecule has 1 aromatic carbocycles. The summed E-state index contributed by atoms with van der Waals surface area (Å²) in [5.74, 6) is 1.80. The molecule has 0 spiro atoms. The number of ketones is 1. The molecule has 8 heteroatoms. The van der Waals surface area contributed by atoms with Gasteiger partial charge in [-0.3, -0.25) is 9.59 Å². The standard InChI is InChI=1S/C24H28N4O2S2/c1-4-11-28-23(20-13-31-21-12-15(2)5-10-19(20)21)26-27-24(28)32-14-22(30)25-18-8-6-17(7-9-18)16(3)29/h6-9,13,15H,4-5,10-12,14H2,1-3H3,(H,25,30). The number of hydrogen-bond acceptors (Lipinski definition) is 6. The Hall–Kier alpha value is -2.45. The molecule has 168 valence electrons. The zero-order valence-electron chi connectivity index (χ0n) is 18.7. The van der Waals surface area contributed by atoms with Gasteiger partial charge < -0.3 is 9.88 Å². The molecule has 0 radical (unpaired) electrons. The molecule has 1 unspecified atom stereocenters. The van der Waals surface area contributed by atoms with Crippen LogP contribution in [0.5, 0.6) is 0 Å². The van der Waals surface area contributed by atoms with Gasteiger partial charge in [-0.2, -0.15) is 0 Å². The highest BCUT2D eigenvalue weighted by molar-refractivity contribution is 7.99. The molecule has 2 heterocycles. The van der Waals surface area contributed by atoms with E-state index < -0.39 is 0 Å². The fourth-order valence-electron chi connectivity index (χ4n) is 4.00. The minimum absolute atomic E-state index is 0.00546. The van der Waals surface area contributed by atoms with Crippen LogP contribution in [0, 0.1) is 5.92 Å². The molecule has 3 aromatic rings. The molecule has 6 nitrogen and oxygen atoms in total. The van der Waals surface area contributed by atoms with Gasteiger partial charge >= 0.3 is 0 Å². The number of carbonyl (C=O) groups is 2. The molecule has 32 heavy (non-hydrogen) atoms. The van der Waals surface area contributed by atoms with Crippen molar-refractivity contribution in [3.05, 3.63) is 45.6 Å². The number of hydrogen-bond donors (Lipinski definition) is 1. The van der Waals surface area contributed by atoms with Gasteiger partial charge in [0.25, 0.3) is 0 Å². The first kappa shape index (κ1) is 22.7. The highest BCUT2D eigenvalue weighted by atomic mass is 32.2. The van der Waals surface area contributed by atoms with Crippen LogP contribution in [0.3, 0.4) is 0 Å². The largest absolute Gasteiger partial charge is 0.325 e. The van der Waals surface area contributed by atoms with Gasteiger partial charge in [-0.05, 0) is 68.4 Å². The Morgan fingerprint density at radius 1 is 1.25 bits per heavy atom. The van der Waals surface area contributed by atoms with Crippen molar-refractivity contribution < 1.29 is 9.59 Å². The zero-order chi connectivity index (χ0) is 22.7. The van der Waals surface area contributed by atoms with Crippen molar-refractivity contribution in [2.45, 2.75) is 58.2 Å². The maximum absolute atomic E-state index is 12.5. The van der Waals surface area contributed by atoms with Crippen LogP contribution in [-0.2, 0) is 24.2 Å². The summed E-state index contributed by atoms with van der Waals surface area (Å²) in [6.07, 6.45) is 4.43. The molecule has 2 aromatic heterocycles. The fourth-order valence-corrected chi connectivity index (χ4v) is 6.01. The average Bonchev–Trinajstić information content (AvgIpc) is 3.36. The van der Waals surface area contributed by atoms with Crippen LogP contribution in [0.2, 0.25) is 0 Å². The van der Waals surface area contributed by atoms with Gasteiger partial charge in [0.05, 0.1) is 5.75 Å². The van der Waals surface area contributed by atoms with Crippen molar-refractivity contribution in [1.29, 1.82) is 0 Å². The minimum atomic E-state index is -0.111. The molecular weight excluding hydrogens is 440 g/mol. The first-order valence-corrected chi connectivity index (χ1v) is 12.9. The lowest BCUT2D eigenvalue weighted by atomic mass is 9.88. The number of Topliss-reactive ketones (excluding diaryl/α,β-unsaturated/α-hetero) is 1. The Labute approximate surface area is 196 Å². The van der Waals surface area contributed by atoms with E-state index >= 15 is 0 Å². The highest BCUT2D eigenvalue weighted by Crippen LogP contribution is 2.38. The Morgan fingerprint density at radius 3 is 2.75 bits per heavy atom. The Kier molecular flexibility index (Phi) is 7.10. The van der Waals surface area contributed by atoms with Gasteiger partial charge in [0, 0.05) is 33.6 Å². The summed E-state index contributed by atoms with van der Waals surface area (Å²) in [6, 6.07) is 6.93. The maximum atomic E-state index is 12.5. The van der Waals surface area contributed by atoms with Crippen LogP contribution in [0.4, 0.5) is 5.69 Å². The number of nitrogens with one attached hydrogen (secondary N) is 1. The van der Waals surface area contributed by atoms with E-state index in [1.807, 2.05) is 11.3 Å². The molecular formula is C24H28N4O2S2. The monoisotopic (exact) mass is 468 g/mol. The van der Waals surface area contributed by atoms with E-state index in [1.165, 1.54) is 41.1 Å². The summed E-state index contributed by atoms with van der Waals surface area (Å²) in [5.41, 5.74) is 3.94. The lowest BCUT2D eigenvalue weighted by Gasteiger charge is -2.19. The third kappa shape index (κ3) is 4.96. The summed E-state index contributed by atoms with van der Waals surface area (Å²) in [6.45, 7) is 6.80. The fraction of sp³-hybridized carbons (Fsp3) is 0.417. The molecule has 0 bridgehead atoms. The first-order chi connectivity index (χ1) is 15.5. The van der Waals surface area contributed by atoms with Gasteiger partial charge in [0.1, 0.15) is 0 Å². The first-order valence-electron chi connectivity index (χ1n) is 11.0. The number of aromatic nitrogens is 3. The second-order valence-electron chi connectivity index (χ2n) is 8.33. The van der Waals surface area contributed by atoms with E-state index in [0.29, 0.717) is 11.3 Å². The molecule has 1 N–H and O–H groups in total. The van der Waals surface area contributed by atoms with E-state index in [9.17, 15) is 9.59 Å². The number of benzene rings is 1. The van der Waals surface area contributed by atoms with Gasteiger partial charge in [-0.1, -0.05) is 25.6 Å². The van der Waals surface area contributed by atoms with Crippen molar-refractivity contribution in [2.24, 2.45) is 5.92 Å². The number of thiophene rings is 1. The number of thioether (sulfide) groups is 1. The molecule has 0 aliphatic heterocycles. The Balaban J connectivity index is 1.46. The number of amides is 1. The minimum Gasteiger partial charge on any atom is -0.325 e. The van der Waals surface area contributed by atoms with E-state index in [2.05, 4.69) is 39.3 Å². The number of rotatable bonds is 8. The normalized spacial score (nSPS) is 15.4. The lowest BCUT2D eigenvalue weighted by molar-refractivity contribution is -0.113. The summed E-state index contributed by atoms with van der Waals surface area (Å²) in [4.78, 5) is 25.4. The van der Waals surface area contributed by atoms with E-state index in [1.54, 1.807) is 24.3 Å². The van der Waals surface area contributed by atoms with Crippen molar-refractivity contribution in [2.75, 3.05) is 11.1 Å². The molecule has 0 saturated heterocycles. The second kappa shape index (κ2) is 10.0. The topological polar surface area (TPSA) is 76.9 Å². The summed E-state index contributed by atoms with van der Waals surface area (Å²) in [7, 11) is 0. The van der Waals surface area contributed by atoms with Gasteiger partial charge in [-0.15, -0.1) is 21.5 Å². The smallest absolute Gasteiger partial charge is 0.234 e. The quantitative estimate of drug-likeness (QED) is 0.350. The van der Waals surface area contributed by atoms with Crippen LogP contribution in [0.25, 0.3) is 11.4 Å². The molecule has 1 aliphatic carbocycles. The van der Waals surface area contributed by atoms with Crippen molar-refractivity contribution in [1.82, 2.24) is 14.8 Å². The molecule has 1 aliphatic rings. The average molecular weight is 469 g/mol. The van der Waals surface area contributed by atoms with Crippen LogP contribution < -0.4 is 5.32 Å². The van der Waals surface area contributed by atoms with Crippen molar-refractivity contribution in [3.63, 3.8) is 0 Å². The SMILES string of the molecule is CCCn1c(SCC(=O)Nc2ccc(C(C)=O)cc2)nnc1-c1csc2c1CCC(C)C2. The van der Waals surface area contributed by atoms with Crippen molar-refractivity contribution >= 4 is 40.5 Å². The summed E-state index contributed by atoms with van der Waals surface area (Å²) in [5, 5.41) is 14.8. The number of anilines is 1. The van der Waals surface area contributed by atoms with Crippen LogP contribution in [0.15, 0.2) is 34.8 Å². The number of nitrogens with zero attached hydrogens (tertiary/aromatic N) is 3. The highest BCUT2D eigenvalue weighted by Gasteiger charge is 2.24. The lowest BCUT2D eigenvalue weighted by Crippen LogP contribution is -2.15. The van der Waals surface area contributed by atoms with Crippen LogP contribution >= 0.6 is 23.1 Å². The van der Waals surface area contributed by atoms with E-state index in [4.69, 9.17) is 0 Å². The van der Waals surface area contributed by atoms with Gasteiger partial charge in [0.2, 0.25) is 5.91 Å². The Morgan fingerprint density at radius 2 is 2.03 bits per heavy atom. The van der Waals surface area contributed by atoms with E-state index in [-0.39, 0.29) is 17.4 Å². The predicted molar refractivity (Wildman–Crippen MR) is 131 cm³/mol. The molecule has 0 saturated carbocycles.